The van der Waals surface area contributed by atoms with Gasteiger partial charge in [-0.1, -0.05) is 18.0 Å². The third-order valence-corrected chi connectivity index (χ3v) is 4.60. The molecule has 4 nitrogen and oxygen atoms in total. The fourth-order valence-electron chi connectivity index (χ4n) is 2.46. The summed E-state index contributed by atoms with van der Waals surface area (Å²) < 4.78 is 11.2. The predicted molar refractivity (Wildman–Crippen MR) is 88.9 cm³/mol. The lowest BCUT2D eigenvalue weighted by molar-refractivity contribution is 0.0907. The van der Waals surface area contributed by atoms with Gasteiger partial charge in [0, 0.05) is 11.6 Å². The second-order valence-corrected chi connectivity index (χ2v) is 6.38. The zero-order chi connectivity index (χ0) is 16.2. The van der Waals surface area contributed by atoms with E-state index in [0.29, 0.717) is 22.5 Å². The minimum Gasteiger partial charge on any atom is -0.486 e. The summed E-state index contributed by atoms with van der Waals surface area (Å²) in [5, 5.41) is 3.62. The molecule has 1 saturated carbocycles. The zero-order valence-electron chi connectivity index (χ0n) is 13.1. The van der Waals surface area contributed by atoms with E-state index in [1.165, 1.54) is 19.3 Å². The largest absolute Gasteiger partial charge is 0.486 e. The number of nitrogens with one attached hydrogen (secondary N) is 1. The van der Waals surface area contributed by atoms with E-state index < -0.39 is 0 Å². The van der Waals surface area contributed by atoms with Gasteiger partial charge >= 0.3 is 0 Å². The first-order chi connectivity index (χ1) is 11.1. The molecule has 1 aromatic heterocycles. The Kier molecular flexibility index (Phi) is 4.91. The summed E-state index contributed by atoms with van der Waals surface area (Å²) in [4.78, 5) is 12.0. The van der Waals surface area contributed by atoms with Gasteiger partial charge in [-0.25, -0.2) is 0 Å². The molecular formula is C18H20ClNO3. The number of benzene rings is 1. The highest BCUT2D eigenvalue weighted by molar-refractivity contribution is 6.31. The van der Waals surface area contributed by atoms with Gasteiger partial charge in [-0.3, -0.25) is 4.79 Å². The summed E-state index contributed by atoms with van der Waals surface area (Å²) >= 11 is 5.98. The molecule has 1 aliphatic carbocycles. The number of amides is 1. The summed E-state index contributed by atoms with van der Waals surface area (Å²) in [6.07, 6.45) is 3.68. The van der Waals surface area contributed by atoms with Crippen molar-refractivity contribution in [3.63, 3.8) is 0 Å². The Hall–Kier alpha value is -1.94. The molecule has 2 aromatic rings. The number of rotatable bonds is 6. The minimum atomic E-state index is -0.162. The molecule has 1 aromatic carbocycles. The lowest BCUT2D eigenvalue weighted by Gasteiger charge is -2.25. The molecule has 5 heteroatoms. The summed E-state index contributed by atoms with van der Waals surface area (Å²) in [5.74, 6) is 2.14. The minimum absolute atomic E-state index is 0.162. The maximum absolute atomic E-state index is 12.0. The van der Waals surface area contributed by atoms with Crippen molar-refractivity contribution >= 4 is 17.5 Å². The summed E-state index contributed by atoms with van der Waals surface area (Å²) in [6, 6.07) is 8.93. The molecule has 0 spiro atoms. The number of aryl methyl sites for hydroxylation is 1. The first kappa shape index (κ1) is 15.9. The topological polar surface area (TPSA) is 51.5 Å². The molecule has 0 unspecified atom stereocenters. The van der Waals surface area contributed by atoms with Crippen LogP contribution in [0.25, 0.3) is 0 Å². The van der Waals surface area contributed by atoms with Gasteiger partial charge in [-0.15, -0.1) is 0 Å². The number of carbonyl (C=O) groups excluding carboxylic acids is 1. The van der Waals surface area contributed by atoms with E-state index in [0.717, 1.165) is 17.9 Å². The second kappa shape index (κ2) is 7.09. The molecule has 1 fully saturated rings. The molecule has 1 amide bonds. The molecule has 0 saturated heterocycles. The molecule has 122 valence electrons. The smallest absolute Gasteiger partial charge is 0.287 e. The van der Waals surface area contributed by atoms with Gasteiger partial charge in [-0.05, 0) is 61.6 Å². The number of hydrogen-bond donors (Lipinski definition) is 1. The lowest BCUT2D eigenvalue weighted by Crippen LogP contribution is -2.31. The van der Waals surface area contributed by atoms with Crippen molar-refractivity contribution in [3.8, 4) is 5.75 Å². The van der Waals surface area contributed by atoms with Crippen LogP contribution in [-0.2, 0) is 6.61 Å². The first-order valence-electron chi connectivity index (χ1n) is 7.87. The van der Waals surface area contributed by atoms with Crippen molar-refractivity contribution in [3.05, 3.63) is 52.4 Å². The monoisotopic (exact) mass is 333 g/mol. The van der Waals surface area contributed by atoms with Crippen LogP contribution in [0.3, 0.4) is 0 Å². The Balaban J connectivity index is 1.51. The van der Waals surface area contributed by atoms with E-state index in [2.05, 4.69) is 5.32 Å². The van der Waals surface area contributed by atoms with Gasteiger partial charge in [0.25, 0.3) is 5.91 Å². The molecule has 1 N–H and O–H groups in total. The number of carbonyl (C=O) groups is 1. The van der Waals surface area contributed by atoms with Crippen molar-refractivity contribution in [2.75, 3.05) is 6.54 Å². The normalized spacial score (nSPS) is 14.3. The van der Waals surface area contributed by atoms with Crippen LogP contribution in [0.15, 0.2) is 34.7 Å². The van der Waals surface area contributed by atoms with E-state index in [1.54, 1.807) is 18.2 Å². The van der Waals surface area contributed by atoms with Crippen molar-refractivity contribution in [2.45, 2.75) is 32.8 Å². The van der Waals surface area contributed by atoms with E-state index >= 15 is 0 Å². The van der Waals surface area contributed by atoms with Gasteiger partial charge < -0.3 is 14.5 Å². The fraction of sp³-hybridized carbons (Fsp3) is 0.389. The number of ether oxygens (including phenoxy) is 1. The van der Waals surface area contributed by atoms with Crippen LogP contribution in [0.2, 0.25) is 5.02 Å². The molecule has 23 heavy (non-hydrogen) atoms. The maximum Gasteiger partial charge on any atom is 0.287 e. The van der Waals surface area contributed by atoms with Crippen LogP contribution in [0, 0.1) is 12.8 Å². The van der Waals surface area contributed by atoms with Crippen molar-refractivity contribution < 1.29 is 13.9 Å². The Morgan fingerprint density at radius 1 is 1.35 bits per heavy atom. The van der Waals surface area contributed by atoms with Gasteiger partial charge in [0.15, 0.2) is 5.76 Å². The molecule has 0 radical (unpaired) electrons. The van der Waals surface area contributed by atoms with Crippen LogP contribution in [0.5, 0.6) is 5.75 Å². The Labute approximate surface area is 140 Å². The standard InChI is InChI=1S/C18H20ClNO3/c1-12-9-14(5-7-16(12)19)22-11-15-6-8-17(23-15)18(21)20-10-13-3-2-4-13/h5-9,13H,2-4,10-11H2,1H3,(H,20,21). The first-order valence-corrected chi connectivity index (χ1v) is 8.25. The molecule has 0 bridgehead atoms. The number of halogens is 1. The maximum atomic E-state index is 12.0. The highest BCUT2D eigenvalue weighted by Gasteiger charge is 2.19. The molecule has 1 aliphatic rings. The van der Waals surface area contributed by atoms with Crippen molar-refractivity contribution in [1.29, 1.82) is 0 Å². The van der Waals surface area contributed by atoms with Crippen molar-refractivity contribution in [1.82, 2.24) is 5.32 Å². The zero-order valence-corrected chi connectivity index (χ0v) is 13.9. The average Bonchev–Trinajstić information content (AvgIpc) is 2.96. The third-order valence-electron chi connectivity index (χ3n) is 4.17. The van der Waals surface area contributed by atoms with E-state index in [9.17, 15) is 4.79 Å². The Morgan fingerprint density at radius 2 is 2.17 bits per heavy atom. The van der Waals surface area contributed by atoms with Gasteiger partial charge in [-0.2, -0.15) is 0 Å². The van der Waals surface area contributed by atoms with E-state index in [4.69, 9.17) is 20.8 Å². The SMILES string of the molecule is Cc1cc(OCc2ccc(C(=O)NCC3CCC3)o2)ccc1Cl. The predicted octanol–water partition coefficient (Wildman–Crippen LogP) is 4.35. The molecule has 0 aliphatic heterocycles. The van der Waals surface area contributed by atoms with E-state index in [-0.39, 0.29) is 12.5 Å². The lowest BCUT2D eigenvalue weighted by atomic mass is 9.85. The molecular weight excluding hydrogens is 314 g/mol. The second-order valence-electron chi connectivity index (χ2n) is 5.97. The average molecular weight is 334 g/mol. The van der Waals surface area contributed by atoms with Crippen LogP contribution in [0.4, 0.5) is 0 Å². The number of hydrogen-bond acceptors (Lipinski definition) is 3. The van der Waals surface area contributed by atoms with Gasteiger partial charge in [0.2, 0.25) is 0 Å². The van der Waals surface area contributed by atoms with Crippen LogP contribution in [-0.4, -0.2) is 12.5 Å². The summed E-state index contributed by atoms with van der Waals surface area (Å²) in [5.41, 5.74) is 0.958. The van der Waals surface area contributed by atoms with E-state index in [1.807, 2.05) is 19.1 Å². The third kappa shape index (κ3) is 4.08. The Bertz CT molecular complexity index is 691. The highest BCUT2D eigenvalue weighted by atomic mass is 35.5. The Morgan fingerprint density at radius 3 is 2.87 bits per heavy atom. The quantitative estimate of drug-likeness (QED) is 0.855. The van der Waals surface area contributed by atoms with Crippen LogP contribution in [0.1, 0.15) is 41.1 Å². The van der Waals surface area contributed by atoms with Crippen LogP contribution >= 0.6 is 11.6 Å². The number of furan rings is 1. The summed E-state index contributed by atoms with van der Waals surface area (Å²) in [6.45, 7) is 2.93. The van der Waals surface area contributed by atoms with Crippen molar-refractivity contribution in [2.24, 2.45) is 5.92 Å². The summed E-state index contributed by atoms with van der Waals surface area (Å²) in [7, 11) is 0. The van der Waals surface area contributed by atoms with Gasteiger partial charge in [0.05, 0.1) is 0 Å². The highest BCUT2D eigenvalue weighted by Crippen LogP contribution is 2.25. The fourth-order valence-corrected chi connectivity index (χ4v) is 2.58. The molecule has 1 heterocycles. The van der Waals surface area contributed by atoms with Gasteiger partial charge in [0.1, 0.15) is 18.1 Å². The molecule has 3 rings (SSSR count). The molecule has 0 atom stereocenters. The van der Waals surface area contributed by atoms with Crippen LogP contribution < -0.4 is 10.1 Å².